The normalized spacial score (nSPS) is 21.7. The zero-order chi connectivity index (χ0) is 17.5. The zero-order valence-corrected chi connectivity index (χ0v) is 18.0. The fourth-order valence-electron chi connectivity index (χ4n) is 4.07. The van der Waals surface area contributed by atoms with Crippen LogP contribution in [0.2, 0.25) is 0 Å². The average Bonchev–Trinajstić information content (AvgIpc) is 3.16. The maximum atomic E-state index is 12.3. The summed E-state index contributed by atoms with van der Waals surface area (Å²) in [6.07, 6.45) is 5.39. The van der Waals surface area contributed by atoms with Gasteiger partial charge in [0.05, 0.1) is 6.04 Å². The number of nitrogens with one attached hydrogen (secondary N) is 2. The lowest BCUT2D eigenvalue weighted by Gasteiger charge is -2.37. The Morgan fingerprint density at radius 2 is 1.89 bits per heavy atom. The van der Waals surface area contributed by atoms with Crippen molar-refractivity contribution in [3.63, 3.8) is 0 Å². The van der Waals surface area contributed by atoms with Crippen LogP contribution in [0, 0.1) is 11.8 Å². The highest BCUT2D eigenvalue weighted by Crippen LogP contribution is 2.26. The highest BCUT2D eigenvalue weighted by Gasteiger charge is 2.25. The van der Waals surface area contributed by atoms with Crippen molar-refractivity contribution < 1.29 is 4.79 Å². The molecule has 2 N–H and O–H groups in total. The molecule has 1 aromatic carbocycles. The molecule has 2 fully saturated rings. The van der Waals surface area contributed by atoms with E-state index in [2.05, 4.69) is 52.8 Å². The first-order chi connectivity index (χ1) is 12.2. The van der Waals surface area contributed by atoms with Crippen molar-refractivity contribution in [1.82, 2.24) is 15.5 Å². The van der Waals surface area contributed by atoms with E-state index < -0.39 is 0 Å². The number of benzene rings is 1. The van der Waals surface area contributed by atoms with Crippen LogP contribution in [0.1, 0.15) is 50.6 Å². The molecule has 2 saturated heterocycles. The molecule has 27 heavy (non-hydrogen) atoms. The minimum atomic E-state index is 0. The number of hydrogen-bond acceptors (Lipinski definition) is 3. The maximum absolute atomic E-state index is 12.3. The van der Waals surface area contributed by atoms with Crippen molar-refractivity contribution in [3.05, 3.63) is 35.9 Å². The lowest BCUT2D eigenvalue weighted by molar-refractivity contribution is -0.121. The third-order valence-electron chi connectivity index (χ3n) is 5.88. The molecule has 1 amide bonds. The minimum absolute atomic E-state index is 0. The molecule has 2 unspecified atom stereocenters. The van der Waals surface area contributed by atoms with Crippen LogP contribution in [-0.2, 0) is 4.79 Å². The number of piperidine rings is 1. The number of rotatable bonds is 7. The predicted octanol–water partition coefficient (Wildman–Crippen LogP) is 3.81. The van der Waals surface area contributed by atoms with Gasteiger partial charge in [0, 0.05) is 13.0 Å². The third kappa shape index (κ3) is 7.61. The van der Waals surface area contributed by atoms with Gasteiger partial charge in [-0.25, -0.2) is 0 Å². The first kappa shape index (κ1) is 24.2. The molecule has 1 aromatic rings. The van der Waals surface area contributed by atoms with Crippen molar-refractivity contribution in [3.8, 4) is 0 Å². The largest absolute Gasteiger partial charge is 0.354 e. The van der Waals surface area contributed by atoms with Gasteiger partial charge in [0.1, 0.15) is 0 Å². The Balaban J connectivity index is 0.00000182. The predicted molar refractivity (Wildman–Crippen MR) is 117 cm³/mol. The fourth-order valence-corrected chi connectivity index (χ4v) is 4.07. The van der Waals surface area contributed by atoms with E-state index in [4.69, 9.17) is 0 Å². The highest BCUT2D eigenvalue weighted by atomic mass is 35.5. The summed E-state index contributed by atoms with van der Waals surface area (Å²) >= 11 is 0. The Morgan fingerprint density at radius 1 is 1.19 bits per heavy atom. The molecule has 0 radical (unpaired) electrons. The first-order valence-corrected chi connectivity index (χ1v) is 9.99. The van der Waals surface area contributed by atoms with Gasteiger partial charge in [-0.15, -0.1) is 24.8 Å². The quantitative estimate of drug-likeness (QED) is 0.711. The molecule has 6 heteroatoms. The van der Waals surface area contributed by atoms with Crippen molar-refractivity contribution >= 4 is 30.7 Å². The molecule has 0 aromatic heterocycles. The number of nitrogens with zero attached hydrogens (tertiary/aromatic N) is 1. The van der Waals surface area contributed by atoms with Crippen LogP contribution >= 0.6 is 24.8 Å². The SMILES string of the molecule is CC1CCN(C(CNC(=O)CCC2CCNC2)c2ccccc2)CC1.Cl.Cl. The average molecular weight is 416 g/mol. The summed E-state index contributed by atoms with van der Waals surface area (Å²) in [6, 6.07) is 10.9. The van der Waals surface area contributed by atoms with Crippen molar-refractivity contribution in [2.75, 3.05) is 32.7 Å². The standard InChI is InChI=1S/C21H33N3O.2ClH/c1-17-10-13-24(14-11-17)20(19-5-3-2-4-6-19)16-23-21(25)8-7-18-9-12-22-15-18;;/h2-6,17-18,20,22H,7-16H2,1H3,(H,23,25);2*1H. The van der Waals surface area contributed by atoms with Crippen LogP contribution < -0.4 is 10.6 Å². The highest BCUT2D eigenvalue weighted by molar-refractivity contribution is 5.85. The summed E-state index contributed by atoms with van der Waals surface area (Å²) in [7, 11) is 0. The molecule has 0 bridgehead atoms. The van der Waals surface area contributed by atoms with Crippen LogP contribution in [-0.4, -0.2) is 43.5 Å². The van der Waals surface area contributed by atoms with Gasteiger partial charge in [0.15, 0.2) is 0 Å². The molecule has 4 nitrogen and oxygen atoms in total. The minimum Gasteiger partial charge on any atom is -0.354 e. The number of hydrogen-bond donors (Lipinski definition) is 2. The molecule has 2 atom stereocenters. The summed E-state index contributed by atoms with van der Waals surface area (Å²) in [4.78, 5) is 14.9. The van der Waals surface area contributed by atoms with Gasteiger partial charge in [-0.2, -0.15) is 0 Å². The smallest absolute Gasteiger partial charge is 0.220 e. The Labute approximate surface area is 176 Å². The van der Waals surface area contributed by atoms with Crippen LogP contribution in [0.4, 0.5) is 0 Å². The molecule has 2 heterocycles. The second-order valence-electron chi connectivity index (χ2n) is 7.85. The molecule has 0 saturated carbocycles. The summed E-state index contributed by atoms with van der Waals surface area (Å²) in [5, 5.41) is 6.59. The molecular weight excluding hydrogens is 381 g/mol. The summed E-state index contributed by atoms with van der Waals surface area (Å²) in [5.74, 6) is 1.71. The molecule has 2 aliphatic heterocycles. The van der Waals surface area contributed by atoms with Crippen LogP contribution in [0.15, 0.2) is 30.3 Å². The van der Waals surface area contributed by atoms with E-state index in [0.29, 0.717) is 18.4 Å². The van der Waals surface area contributed by atoms with Crippen molar-refractivity contribution in [2.45, 2.75) is 45.1 Å². The van der Waals surface area contributed by atoms with Crippen molar-refractivity contribution in [2.24, 2.45) is 11.8 Å². The Bertz CT molecular complexity index is 529. The lowest BCUT2D eigenvalue weighted by Crippen LogP contribution is -2.42. The van der Waals surface area contributed by atoms with Gasteiger partial charge in [-0.05, 0) is 69.3 Å². The van der Waals surface area contributed by atoms with Crippen LogP contribution in [0.3, 0.4) is 0 Å². The topological polar surface area (TPSA) is 44.4 Å². The van der Waals surface area contributed by atoms with E-state index in [1.54, 1.807) is 0 Å². The van der Waals surface area contributed by atoms with Gasteiger partial charge in [0.2, 0.25) is 5.91 Å². The third-order valence-corrected chi connectivity index (χ3v) is 5.88. The number of carbonyl (C=O) groups excluding carboxylic acids is 1. The van der Waals surface area contributed by atoms with E-state index in [9.17, 15) is 4.79 Å². The van der Waals surface area contributed by atoms with Crippen molar-refractivity contribution in [1.29, 1.82) is 0 Å². The summed E-state index contributed by atoms with van der Waals surface area (Å²) in [5.41, 5.74) is 1.32. The number of halogens is 2. The van der Waals surface area contributed by atoms with E-state index in [1.165, 1.54) is 24.8 Å². The molecule has 154 valence electrons. The van der Waals surface area contributed by atoms with Gasteiger partial charge >= 0.3 is 0 Å². The second-order valence-corrected chi connectivity index (χ2v) is 7.85. The molecule has 2 aliphatic rings. The Hall–Kier alpha value is -0.810. The van der Waals surface area contributed by atoms with Crippen LogP contribution in [0.25, 0.3) is 0 Å². The van der Waals surface area contributed by atoms with E-state index in [0.717, 1.165) is 45.1 Å². The van der Waals surface area contributed by atoms with Gasteiger partial charge < -0.3 is 10.6 Å². The maximum Gasteiger partial charge on any atom is 0.220 e. The molecule has 0 spiro atoms. The molecule has 0 aliphatic carbocycles. The first-order valence-electron chi connectivity index (χ1n) is 9.99. The summed E-state index contributed by atoms with van der Waals surface area (Å²) in [6.45, 7) is 7.50. The van der Waals surface area contributed by atoms with E-state index in [-0.39, 0.29) is 30.7 Å². The van der Waals surface area contributed by atoms with Gasteiger partial charge in [0.25, 0.3) is 0 Å². The van der Waals surface area contributed by atoms with Gasteiger partial charge in [-0.3, -0.25) is 9.69 Å². The molecular formula is C21H35Cl2N3O. The van der Waals surface area contributed by atoms with E-state index in [1.807, 2.05) is 0 Å². The monoisotopic (exact) mass is 415 g/mol. The van der Waals surface area contributed by atoms with E-state index >= 15 is 0 Å². The molecule has 3 rings (SSSR count). The summed E-state index contributed by atoms with van der Waals surface area (Å²) < 4.78 is 0. The lowest BCUT2D eigenvalue weighted by atomic mass is 9.95. The zero-order valence-electron chi connectivity index (χ0n) is 16.4. The van der Waals surface area contributed by atoms with Gasteiger partial charge in [-0.1, -0.05) is 37.3 Å². The number of likely N-dealkylation sites (tertiary alicyclic amines) is 1. The second kappa shape index (κ2) is 12.6. The van der Waals surface area contributed by atoms with Crippen LogP contribution in [0.5, 0.6) is 0 Å². The fraction of sp³-hybridized carbons (Fsp3) is 0.667. The Kier molecular flexibility index (Phi) is 11.3. The number of carbonyl (C=O) groups is 1. The number of amides is 1. The Morgan fingerprint density at radius 3 is 2.52 bits per heavy atom.